The maximum Gasteiger partial charge on any atom is 0.227 e. The van der Waals surface area contributed by atoms with E-state index < -0.39 is 0 Å². The standard InChI is InChI=1S/C16H26F2N4/c1-13-12-14(19)21-15(20-13)22-10-6-16(7-11-22,4-2-8-17)5-3-9-18/h12H,2-11H2,1H3,(H2,19,20,21). The molecule has 1 fully saturated rings. The third-order valence-corrected chi connectivity index (χ3v) is 4.65. The van der Waals surface area contributed by atoms with E-state index in [1.807, 2.05) is 6.92 Å². The summed E-state index contributed by atoms with van der Waals surface area (Å²) in [5, 5.41) is 0. The molecule has 22 heavy (non-hydrogen) atoms. The molecule has 0 aromatic carbocycles. The number of hydrogen-bond donors (Lipinski definition) is 1. The zero-order valence-electron chi connectivity index (χ0n) is 13.3. The highest BCUT2D eigenvalue weighted by Crippen LogP contribution is 2.41. The fraction of sp³-hybridized carbons (Fsp3) is 0.750. The lowest BCUT2D eigenvalue weighted by atomic mass is 9.72. The fourth-order valence-electron chi connectivity index (χ4n) is 3.41. The Balaban J connectivity index is 2.02. The first-order valence-electron chi connectivity index (χ1n) is 8.07. The lowest BCUT2D eigenvalue weighted by molar-refractivity contribution is 0.161. The maximum atomic E-state index is 12.6. The summed E-state index contributed by atoms with van der Waals surface area (Å²) >= 11 is 0. The van der Waals surface area contributed by atoms with Crippen molar-refractivity contribution in [2.45, 2.75) is 45.4 Å². The van der Waals surface area contributed by atoms with Crippen molar-refractivity contribution in [1.82, 2.24) is 9.97 Å². The third kappa shape index (κ3) is 4.27. The van der Waals surface area contributed by atoms with Crippen LogP contribution in [-0.4, -0.2) is 36.4 Å². The topological polar surface area (TPSA) is 55.0 Å². The number of aromatic nitrogens is 2. The van der Waals surface area contributed by atoms with E-state index in [-0.39, 0.29) is 18.8 Å². The number of nitrogens with zero attached hydrogens (tertiary/aromatic N) is 3. The van der Waals surface area contributed by atoms with Gasteiger partial charge in [-0.15, -0.1) is 0 Å². The van der Waals surface area contributed by atoms with Crippen molar-refractivity contribution in [1.29, 1.82) is 0 Å². The molecule has 0 unspecified atom stereocenters. The Morgan fingerprint density at radius 1 is 1.14 bits per heavy atom. The predicted octanol–water partition coefficient (Wildman–Crippen LogP) is 3.45. The van der Waals surface area contributed by atoms with Gasteiger partial charge in [-0.25, -0.2) is 4.98 Å². The van der Waals surface area contributed by atoms with Crippen LogP contribution in [0, 0.1) is 12.3 Å². The van der Waals surface area contributed by atoms with Gasteiger partial charge in [-0.05, 0) is 50.9 Å². The normalized spacial score (nSPS) is 17.7. The summed E-state index contributed by atoms with van der Waals surface area (Å²) in [6, 6.07) is 1.75. The van der Waals surface area contributed by atoms with Gasteiger partial charge in [0.05, 0.1) is 13.3 Å². The Hall–Kier alpha value is -1.46. The van der Waals surface area contributed by atoms with Gasteiger partial charge >= 0.3 is 0 Å². The molecule has 1 aromatic heterocycles. The molecule has 1 saturated heterocycles. The largest absolute Gasteiger partial charge is 0.384 e. The molecule has 2 rings (SSSR count). The zero-order chi connectivity index (χ0) is 16.0. The Morgan fingerprint density at radius 3 is 2.23 bits per heavy atom. The van der Waals surface area contributed by atoms with Crippen molar-refractivity contribution >= 4 is 11.8 Å². The quantitative estimate of drug-likeness (QED) is 0.838. The minimum Gasteiger partial charge on any atom is -0.384 e. The third-order valence-electron chi connectivity index (χ3n) is 4.65. The number of hydrogen-bond acceptors (Lipinski definition) is 4. The van der Waals surface area contributed by atoms with Gasteiger partial charge in [0.25, 0.3) is 0 Å². The average molecular weight is 312 g/mol. The van der Waals surface area contributed by atoms with Gasteiger partial charge in [0.1, 0.15) is 5.82 Å². The first-order chi connectivity index (χ1) is 10.6. The molecule has 4 nitrogen and oxygen atoms in total. The molecule has 0 atom stereocenters. The van der Waals surface area contributed by atoms with Crippen LogP contribution >= 0.6 is 0 Å². The summed E-state index contributed by atoms with van der Waals surface area (Å²) < 4.78 is 25.1. The molecular weight excluding hydrogens is 286 g/mol. The van der Waals surface area contributed by atoms with Crippen LogP contribution in [0.4, 0.5) is 20.5 Å². The molecule has 1 aliphatic heterocycles. The molecule has 0 spiro atoms. The molecule has 124 valence electrons. The van der Waals surface area contributed by atoms with Crippen LogP contribution in [0.1, 0.15) is 44.2 Å². The first-order valence-corrected chi connectivity index (χ1v) is 8.07. The number of halogens is 2. The minimum absolute atomic E-state index is 0.0735. The summed E-state index contributed by atoms with van der Waals surface area (Å²) in [5.74, 6) is 1.15. The van der Waals surface area contributed by atoms with Crippen LogP contribution < -0.4 is 10.6 Å². The van der Waals surface area contributed by atoms with Crippen LogP contribution in [0.2, 0.25) is 0 Å². The molecule has 0 bridgehead atoms. The average Bonchev–Trinajstić information content (AvgIpc) is 2.51. The van der Waals surface area contributed by atoms with Crippen LogP contribution in [-0.2, 0) is 0 Å². The van der Waals surface area contributed by atoms with Crippen molar-refractivity contribution in [3.05, 3.63) is 11.8 Å². The van der Waals surface area contributed by atoms with Crippen LogP contribution in [0.3, 0.4) is 0 Å². The summed E-state index contributed by atoms with van der Waals surface area (Å²) in [5.41, 5.74) is 6.72. The van der Waals surface area contributed by atoms with E-state index in [9.17, 15) is 8.78 Å². The van der Waals surface area contributed by atoms with E-state index in [0.29, 0.717) is 24.6 Å². The van der Waals surface area contributed by atoms with Gasteiger partial charge in [0, 0.05) is 24.8 Å². The smallest absolute Gasteiger partial charge is 0.227 e. The second-order valence-electron chi connectivity index (χ2n) is 6.31. The molecule has 1 aromatic rings. The number of nitrogen functional groups attached to an aromatic ring is 1. The Morgan fingerprint density at radius 2 is 1.73 bits per heavy atom. The van der Waals surface area contributed by atoms with E-state index in [2.05, 4.69) is 14.9 Å². The Labute approximate surface area is 131 Å². The fourth-order valence-corrected chi connectivity index (χ4v) is 3.41. The number of alkyl halides is 2. The molecule has 6 heteroatoms. The first kappa shape index (κ1) is 16.9. The van der Waals surface area contributed by atoms with Gasteiger partial charge < -0.3 is 10.6 Å². The molecule has 2 N–H and O–H groups in total. The highest BCUT2D eigenvalue weighted by atomic mass is 19.1. The van der Waals surface area contributed by atoms with Gasteiger partial charge in [0.15, 0.2) is 0 Å². The Bertz CT molecular complexity index is 443. The second kappa shape index (κ2) is 7.70. The zero-order valence-corrected chi connectivity index (χ0v) is 13.3. The van der Waals surface area contributed by atoms with Crippen LogP contribution in [0.15, 0.2) is 6.07 Å². The van der Waals surface area contributed by atoms with Crippen molar-refractivity contribution in [2.24, 2.45) is 5.41 Å². The number of rotatable bonds is 7. The van der Waals surface area contributed by atoms with Gasteiger partial charge in [0.2, 0.25) is 5.95 Å². The van der Waals surface area contributed by atoms with Crippen molar-refractivity contribution in [3.8, 4) is 0 Å². The lowest BCUT2D eigenvalue weighted by Crippen LogP contribution is -2.41. The van der Waals surface area contributed by atoms with Crippen molar-refractivity contribution < 1.29 is 8.78 Å². The van der Waals surface area contributed by atoms with Crippen molar-refractivity contribution in [2.75, 3.05) is 37.1 Å². The predicted molar refractivity (Wildman–Crippen MR) is 85.5 cm³/mol. The van der Waals surface area contributed by atoms with E-state index >= 15 is 0 Å². The van der Waals surface area contributed by atoms with E-state index in [4.69, 9.17) is 5.73 Å². The van der Waals surface area contributed by atoms with Crippen LogP contribution in [0.5, 0.6) is 0 Å². The second-order valence-corrected chi connectivity index (χ2v) is 6.31. The van der Waals surface area contributed by atoms with E-state index in [1.165, 1.54) is 0 Å². The molecule has 1 aliphatic rings. The molecule has 0 radical (unpaired) electrons. The molecule has 0 aliphatic carbocycles. The Kier molecular flexibility index (Phi) is 5.91. The molecule has 0 amide bonds. The monoisotopic (exact) mass is 312 g/mol. The summed E-state index contributed by atoms with van der Waals surface area (Å²) in [4.78, 5) is 10.9. The lowest BCUT2D eigenvalue weighted by Gasteiger charge is -2.42. The highest BCUT2D eigenvalue weighted by Gasteiger charge is 2.34. The van der Waals surface area contributed by atoms with E-state index in [0.717, 1.165) is 44.5 Å². The summed E-state index contributed by atoms with van der Waals surface area (Å²) in [7, 11) is 0. The molecular formula is C16H26F2N4. The number of aryl methyl sites for hydroxylation is 1. The molecule has 2 heterocycles. The number of nitrogens with two attached hydrogens (primary N) is 1. The SMILES string of the molecule is Cc1cc(N)nc(N2CCC(CCCF)(CCCF)CC2)n1. The number of piperidine rings is 1. The van der Waals surface area contributed by atoms with Crippen molar-refractivity contribution in [3.63, 3.8) is 0 Å². The summed E-state index contributed by atoms with van der Waals surface area (Å²) in [6.45, 7) is 2.96. The maximum absolute atomic E-state index is 12.6. The van der Waals surface area contributed by atoms with Gasteiger partial charge in [-0.3, -0.25) is 8.78 Å². The minimum atomic E-state index is -0.293. The van der Waals surface area contributed by atoms with Gasteiger partial charge in [-0.2, -0.15) is 4.98 Å². The van der Waals surface area contributed by atoms with Crippen LogP contribution in [0.25, 0.3) is 0 Å². The highest BCUT2D eigenvalue weighted by molar-refractivity contribution is 5.40. The number of anilines is 2. The van der Waals surface area contributed by atoms with E-state index in [1.54, 1.807) is 6.07 Å². The van der Waals surface area contributed by atoms with Gasteiger partial charge in [-0.1, -0.05) is 0 Å². The molecule has 0 saturated carbocycles. The summed E-state index contributed by atoms with van der Waals surface area (Å²) in [6.07, 6.45) is 4.69.